The molecule has 0 fully saturated rings. The summed E-state index contributed by atoms with van der Waals surface area (Å²) in [5, 5.41) is 5.41. The van der Waals surface area contributed by atoms with E-state index in [1.54, 1.807) is 7.05 Å². The molecule has 1 aromatic rings. The third-order valence-corrected chi connectivity index (χ3v) is 2.54. The second-order valence-corrected chi connectivity index (χ2v) is 5.25. The molecule has 18 heavy (non-hydrogen) atoms. The standard InChI is InChI=1S/C14H20N2O2/c1-14(2,3)13(18)16-11-7-5-10(6-8-11)9-12(17)15-4/h5-8H,9H2,1-4H3,(H,15,17)(H,16,18). The number of carbonyl (C=O) groups excluding carboxylic acids is 2. The van der Waals surface area contributed by atoms with E-state index in [1.807, 2.05) is 45.0 Å². The molecule has 1 rings (SSSR count). The van der Waals surface area contributed by atoms with E-state index in [0.717, 1.165) is 11.3 Å². The van der Waals surface area contributed by atoms with Crippen molar-refractivity contribution in [2.24, 2.45) is 5.41 Å². The van der Waals surface area contributed by atoms with Crippen LogP contribution >= 0.6 is 0 Å². The molecule has 0 radical (unpaired) electrons. The number of likely N-dealkylation sites (N-methyl/N-ethyl adjacent to an activating group) is 1. The smallest absolute Gasteiger partial charge is 0.229 e. The number of carbonyl (C=O) groups is 2. The zero-order chi connectivity index (χ0) is 13.8. The Hall–Kier alpha value is -1.84. The van der Waals surface area contributed by atoms with Crippen molar-refractivity contribution in [1.82, 2.24) is 5.32 Å². The third-order valence-electron chi connectivity index (χ3n) is 2.54. The Bertz CT molecular complexity index is 430. The van der Waals surface area contributed by atoms with Crippen LogP contribution in [0.2, 0.25) is 0 Å². The molecule has 0 aliphatic carbocycles. The van der Waals surface area contributed by atoms with Gasteiger partial charge in [-0.1, -0.05) is 32.9 Å². The van der Waals surface area contributed by atoms with Gasteiger partial charge in [0, 0.05) is 18.2 Å². The van der Waals surface area contributed by atoms with Crippen LogP contribution in [-0.4, -0.2) is 18.9 Å². The fraction of sp³-hybridized carbons (Fsp3) is 0.429. The minimum Gasteiger partial charge on any atom is -0.359 e. The molecule has 0 aromatic heterocycles. The zero-order valence-electron chi connectivity index (χ0n) is 11.3. The Kier molecular flexibility index (Phi) is 4.48. The summed E-state index contributed by atoms with van der Waals surface area (Å²) in [7, 11) is 1.61. The molecule has 0 heterocycles. The maximum absolute atomic E-state index is 11.8. The van der Waals surface area contributed by atoms with E-state index in [9.17, 15) is 9.59 Å². The summed E-state index contributed by atoms with van der Waals surface area (Å²) >= 11 is 0. The molecule has 0 saturated carbocycles. The Labute approximate surface area is 108 Å². The molecular weight excluding hydrogens is 228 g/mol. The van der Waals surface area contributed by atoms with Crippen molar-refractivity contribution >= 4 is 17.5 Å². The lowest BCUT2D eigenvalue weighted by molar-refractivity contribution is -0.123. The van der Waals surface area contributed by atoms with Crippen LogP contribution in [0, 0.1) is 5.41 Å². The molecule has 2 amide bonds. The summed E-state index contributed by atoms with van der Waals surface area (Å²) in [4.78, 5) is 23.0. The van der Waals surface area contributed by atoms with E-state index >= 15 is 0 Å². The second-order valence-electron chi connectivity index (χ2n) is 5.25. The Morgan fingerprint density at radius 3 is 2.11 bits per heavy atom. The van der Waals surface area contributed by atoms with Gasteiger partial charge in [-0.05, 0) is 17.7 Å². The van der Waals surface area contributed by atoms with Gasteiger partial charge in [0.1, 0.15) is 0 Å². The van der Waals surface area contributed by atoms with Crippen LogP contribution in [0.5, 0.6) is 0 Å². The normalized spacial score (nSPS) is 10.9. The lowest BCUT2D eigenvalue weighted by Gasteiger charge is -2.17. The molecule has 2 N–H and O–H groups in total. The van der Waals surface area contributed by atoms with E-state index in [1.165, 1.54) is 0 Å². The van der Waals surface area contributed by atoms with Crippen LogP contribution in [0.1, 0.15) is 26.3 Å². The number of benzene rings is 1. The van der Waals surface area contributed by atoms with Crippen LogP contribution in [-0.2, 0) is 16.0 Å². The van der Waals surface area contributed by atoms with E-state index in [2.05, 4.69) is 10.6 Å². The highest BCUT2D eigenvalue weighted by Gasteiger charge is 2.20. The van der Waals surface area contributed by atoms with Crippen molar-refractivity contribution in [2.45, 2.75) is 27.2 Å². The van der Waals surface area contributed by atoms with Crippen LogP contribution in [0.4, 0.5) is 5.69 Å². The van der Waals surface area contributed by atoms with Crippen molar-refractivity contribution in [2.75, 3.05) is 12.4 Å². The summed E-state index contributed by atoms with van der Waals surface area (Å²) in [6.45, 7) is 5.59. The number of amides is 2. The summed E-state index contributed by atoms with van der Waals surface area (Å²) in [5.41, 5.74) is 1.25. The fourth-order valence-electron chi connectivity index (χ4n) is 1.30. The van der Waals surface area contributed by atoms with Gasteiger partial charge in [-0.2, -0.15) is 0 Å². The number of anilines is 1. The zero-order valence-corrected chi connectivity index (χ0v) is 11.3. The first-order valence-corrected chi connectivity index (χ1v) is 5.94. The van der Waals surface area contributed by atoms with Gasteiger partial charge in [0.05, 0.1) is 6.42 Å². The van der Waals surface area contributed by atoms with Crippen molar-refractivity contribution < 1.29 is 9.59 Å². The molecule has 0 spiro atoms. The SMILES string of the molecule is CNC(=O)Cc1ccc(NC(=O)C(C)(C)C)cc1. The average molecular weight is 248 g/mol. The molecule has 0 atom stereocenters. The maximum Gasteiger partial charge on any atom is 0.229 e. The molecule has 0 unspecified atom stereocenters. The average Bonchev–Trinajstić information content (AvgIpc) is 2.30. The second kappa shape index (κ2) is 5.67. The number of rotatable bonds is 3. The van der Waals surface area contributed by atoms with Gasteiger partial charge >= 0.3 is 0 Å². The Morgan fingerprint density at radius 2 is 1.67 bits per heavy atom. The van der Waals surface area contributed by atoms with Gasteiger partial charge in [-0.3, -0.25) is 9.59 Å². The predicted molar refractivity (Wildman–Crippen MR) is 72.3 cm³/mol. The van der Waals surface area contributed by atoms with Gasteiger partial charge in [-0.25, -0.2) is 0 Å². The minimum absolute atomic E-state index is 0.0263. The fourth-order valence-corrected chi connectivity index (χ4v) is 1.30. The van der Waals surface area contributed by atoms with Crippen molar-refractivity contribution in [3.05, 3.63) is 29.8 Å². The Morgan fingerprint density at radius 1 is 1.11 bits per heavy atom. The number of hydrogen-bond acceptors (Lipinski definition) is 2. The van der Waals surface area contributed by atoms with Crippen LogP contribution < -0.4 is 10.6 Å². The predicted octanol–water partition coefficient (Wildman–Crippen LogP) is 1.96. The van der Waals surface area contributed by atoms with E-state index in [-0.39, 0.29) is 11.8 Å². The highest BCUT2D eigenvalue weighted by Crippen LogP contribution is 2.17. The highest BCUT2D eigenvalue weighted by atomic mass is 16.2. The first-order valence-electron chi connectivity index (χ1n) is 5.94. The molecule has 4 heteroatoms. The quantitative estimate of drug-likeness (QED) is 0.859. The maximum atomic E-state index is 11.8. The van der Waals surface area contributed by atoms with Gasteiger partial charge in [0.25, 0.3) is 0 Å². The lowest BCUT2D eigenvalue weighted by atomic mass is 9.95. The number of hydrogen-bond donors (Lipinski definition) is 2. The molecule has 0 aliphatic rings. The number of nitrogens with one attached hydrogen (secondary N) is 2. The van der Waals surface area contributed by atoms with Gasteiger partial charge < -0.3 is 10.6 Å². The third kappa shape index (κ3) is 4.20. The topological polar surface area (TPSA) is 58.2 Å². The Balaban J connectivity index is 2.66. The minimum atomic E-state index is -0.416. The van der Waals surface area contributed by atoms with E-state index in [0.29, 0.717) is 6.42 Å². The van der Waals surface area contributed by atoms with Crippen molar-refractivity contribution in [3.63, 3.8) is 0 Å². The van der Waals surface area contributed by atoms with Gasteiger partial charge in [0.15, 0.2) is 0 Å². The van der Waals surface area contributed by atoms with Crippen molar-refractivity contribution in [1.29, 1.82) is 0 Å². The summed E-state index contributed by atoms with van der Waals surface area (Å²) in [5.74, 6) is -0.0528. The molecular formula is C14H20N2O2. The molecule has 98 valence electrons. The van der Waals surface area contributed by atoms with E-state index in [4.69, 9.17) is 0 Å². The summed E-state index contributed by atoms with van der Waals surface area (Å²) in [6.07, 6.45) is 0.351. The molecule has 4 nitrogen and oxygen atoms in total. The first-order chi connectivity index (χ1) is 8.32. The van der Waals surface area contributed by atoms with Crippen LogP contribution in [0.25, 0.3) is 0 Å². The largest absolute Gasteiger partial charge is 0.359 e. The first kappa shape index (κ1) is 14.2. The monoisotopic (exact) mass is 248 g/mol. The summed E-state index contributed by atoms with van der Waals surface area (Å²) < 4.78 is 0. The molecule has 0 aliphatic heterocycles. The summed E-state index contributed by atoms with van der Waals surface area (Å²) in [6, 6.07) is 7.30. The van der Waals surface area contributed by atoms with E-state index < -0.39 is 5.41 Å². The molecule has 1 aromatic carbocycles. The van der Waals surface area contributed by atoms with Crippen LogP contribution in [0.15, 0.2) is 24.3 Å². The lowest BCUT2D eigenvalue weighted by Crippen LogP contribution is -2.27. The molecule has 0 saturated heterocycles. The van der Waals surface area contributed by atoms with Gasteiger partial charge in [-0.15, -0.1) is 0 Å². The highest BCUT2D eigenvalue weighted by molar-refractivity contribution is 5.94. The van der Waals surface area contributed by atoms with Gasteiger partial charge in [0.2, 0.25) is 11.8 Å². The van der Waals surface area contributed by atoms with Crippen molar-refractivity contribution in [3.8, 4) is 0 Å². The molecule has 0 bridgehead atoms. The van der Waals surface area contributed by atoms with Crippen LogP contribution in [0.3, 0.4) is 0 Å².